The van der Waals surface area contributed by atoms with Gasteiger partial charge in [0.2, 0.25) is 6.10 Å². The van der Waals surface area contributed by atoms with Crippen LogP contribution in [0.1, 0.15) is 24.5 Å². The monoisotopic (exact) mass is 372 g/mol. The molecule has 9 heteroatoms. The molecule has 27 heavy (non-hydrogen) atoms. The second-order valence-corrected chi connectivity index (χ2v) is 5.86. The summed E-state index contributed by atoms with van der Waals surface area (Å²) in [6, 6.07) is 9.43. The van der Waals surface area contributed by atoms with E-state index in [2.05, 4.69) is 0 Å². The molecule has 0 saturated heterocycles. The van der Waals surface area contributed by atoms with Gasteiger partial charge in [0, 0.05) is 17.2 Å². The molecule has 1 aromatic heterocycles. The number of ether oxygens (including phenoxy) is 1. The van der Waals surface area contributed by atoms with E-state index >= 15 is 0 Å². The number of fused-ring (bicyclic) bond motifs is 3. The second-order valence-electron chi connectivity index (χ2n) is 5.86. The van der Waals surface area contributed by atoms with Crippen LogP contribution in [0.5, 0.6) is 0 Å². The number of carbonyl (C=O) groups is 2. The number of para-hydroxylation sites is 1. The fraction of sp³-hybridized carbons (Fsp3) is 0.222. The van der Waals surface area contributed by atoms with Crippen molar-refractivity contribution in [2.24, 2.45) is 5.73 Å². The lowest BCUT2D eigenvalue weighted by molar-refractivity contribution is -0.386. The first kappa shape index (κ1) is 18.3. The van der Waals surface area contributed by atoms with Crippen LogP contribution in [0.25, 0.3) is 21.9 Å². The molecule has 140 valence electrons. The van der Waals surface area contributed by atoms with Gasteiger partial charge in [-0.15, -0.1) is 0 Å². The van der Waals surface area contributed by atoms with Gasteiger partial charge in [-0.05, 0) is 25.1 Å². The van der Waals surface area contributed by atoms with E-state index in [0.29, 0.717) is 22.8 Å². The van der Waals surface area contributed by atoms with E-state index in [1.165, 1.54) is 6.07 Å². The van der Waals surface area contributed by atoms with Crippen LogP contribution in [0.15, 0.2) is 40.8 Å². The molecule has 9 nitrogen and oxygen atoms in total. The Morgan fingerprint density at radius 1 is 1.22 bits per heavy atom. The van der Waals surface area contributed by atoms with Crippen LogP contribution in [0.3, 0.4) is 0 Å². The van der Waals surface area contributed by atoms with Gasteiger partial charge in [0.05, 0.1) is 16.6 Å². The van der Waals surface area contributed by atoms with Crippen molar-refractivity contribution in [1.82, 2.24) is 0 Å². The Hall–Kier alpha value is -3.46. The van der Waals surface area contributed by atoms with Gasteiger partial charge in [-0.1, -0.05) is 18.2 Å². The molecule has 0 spiro atoms. The van der Waals surface area contributed by atoms with Crippen LogP contribution in [-0.2, 0) is 14.3 Å². The number of hydrogen-bond donors (Lipinski definition) is 2. The molecule has 3 aromatic rings. The van der Waals surface area contributed by atoms with Crippen molar-refractivity contribution in [2.45, 2.75) is 18.9 Å². The number of furan rings is 1. The number of nitro benzene ring substituents is 1. The summed E-state index contributed by atoms with van der Waals surface area (Å²) in [4.78, 5) is 34.3. The standard InChI is InChI=1S/C18H16N2O7/c19-7-3-6-16(21)27-17(18(22)23)12-8-11-10-4-1-2-5-14(10)26-15(11)9-13(12)20(24)25/h1-2,4-5,8-9,17H,3,6-7,19H2,(H,22,23). The molecule has 2 aromatic carbocycles. The summed E-state index contributed by atoms with van der Waals surface area (Å²) in [5.74, 6) is -2.30. The van der Waals surface area contributed by atoms with Gasteiger partial charge >= 0.3 is 11.9 Å². The highest BCUT2D eigenvalue weighted by molar-refractivity contribution is 6.06. The first-order valence-electron chi connectivity index (χ1n) is 8.14. The van der Waals surface area contributed by atoms with Crippen molar-refractivity contribution in [1.29, 1.82) is 0 Å². The smallest absolute Gasteiger partial charge is 0.350 e. The van der Waals surface area contributed by atoms with Crippen molar-refractivity contribution in [3.8, 4) is 0 Å². The molecular weight excluding hydrogens is 356 g/mol. The second kappa shape index (κ2) is 7.42. The molecule has 1 heterocycles. The molecule has 0 fully saturated rings. The Morgan fingerprint density at radius 2 is 1.96 bits per heavy atom. The Kier molecular flexibility index (Phi) is 5.04. The zero-order valence-corrected chi connectivity index (χ0v) is 14.1. The first-order chi connectivity index (χ1) is 12.9. The summed E-state index contributed by atoms with van der Waals surface area (Å²) in [5.41, 5.74) is 5.34. The molecule has 1 atom stereocenters. The van der Waals surface area contributed by atoms with Crippen LogP contribution in [0, 0.1) is 10.1 Å². The number of hydrogen-bond acceptors (Lipinski definition) is 7. The van der Waals surface area contributed by atoms with Crippen molar-refractivity contribution < 1.29 is 28.8 Å². The minimum Gasteiger partial charge on any atom is -0.478 e. The van der Waals surface area contributed by atoms with Gasteiger partial charge in [-0.2, -0.15) is 0 Å². The summed E-state index contributed by atoms with van der Waals surface area (Å²) in [6.45, 7) is 0.236. The zero-order valence-electron chi connectivity index (χ0n) is 14.1. The van der Waals surface area contributed by atoms with Crippen molar-refractivity contribution in [2.75, 3.05) is 6.54 Å². The van der Waals surface area contributed by atoms with Crippen molar-refractivity contribution in [3.63, 3.8) is 0 Å². The third-order valence-electron chi connectivity index (χ3n) is 4.06. The Labute approximate surface area is 152 Å². The van der Waals surface area contributed by atoms with Gasteiger partial charge in [-0.25, -0.2) is 4.79 Å². The summed E-state index contributed by atoms with van der Waals surface area (Å²) in [7, 11) is 0. The number of carboxylic acids is 1. The number of carboxylic acid groups (broad SMARTS) is 1. The summed E-state index contributed by atoms with van der Waals surface area (Å²) < 4.78 is 10.6. The normalized spacial score (nSPS) is 12.2. The molecule has 0 bridgehead atoms. The maximum atomic E-state index is 11.9. The summed E-state index contributed by atoms with van der Waals surface area (Å²) >= 11 is 0. The fourth-order valence-corrected chi connectivity index (χ4v) is 2.83. The Balaban J connectivity index is 2.14. The van der Waals surface area contributed by atoms with Crippen molar-refractivity contribution in [3.05, 3.63) is 52.1 Å². The lowest BCUT2D eigenvalue weighted by atomic mass is 10.0. The Bertz CT molecular complexity index is 1040. The number of esters is 1. The number of nitrogens with two attached hydrogens (primary N) is 1. The van der Waals surface area contributed by atoms with E-state index < -0.39 is 28.7 Å². The predicted octanol–water partition coefficient (Wildman–Crippen LogP) is 2.90. The average molecular weight is 372 g/mol. The summed E-state index contributed by atoms with van der Waals surface area (Å²) in [6.07, 6.45) is -1.57. The van der Waals surface area contributed by atoms with Gasteiger partial charge in [-0.3, -0.25) is 14.9 Å². The molecule has 0 aliphatic heterocycles. The highest BCUT2D eigenvalue weighted by Crippen LogP contribution is 2.37. The molecule has 3 rings (SSSR count). The van der Waals surface area contributed by atoms with E-state index in [1.54, 1.807) is 24.3 Å². The van der Waals surface area contributed by atoms with E-state index in [1.807, 2.05) is 0 Å². The summed E-state index contributed by atoms with van der Waals surface area (Å²) in [5, 5.41) is 22.1. The maximum absolute atomic E-state index is 11.9. The SMILES string of the molecule is NCCCC(=O)OC(C(=O)O)c1cc2c(cc1[N+](=O)[O-])oc1ccccc12. The number of carbonyl (C=O) groups excluding carboxylic acids is 1. The predicted molar refractivity (Wildman–Crippen MR) is 95.1 cm³/mol. The molecule has 0 radical (unpaired) electrons. The molecule has 0 saturated carbocycles. The third-order valence-corrected chi connectivity index (χ3v) is 4.06. The highest BCUT2D eigenvalue weighted by atomic mass is 16.6. The molecule has 0 amide bonds. The van der Waals surface area contributed by atoms with E-state index in [4.69, 9.17) is 14.9 Å². The van der Waals surface area contributed by atoms with E-state index in [-0.39, 0.29) is 24.1 Å². The number of nitrogens with zero attached hydrogens (tertiary/aromatic N) is 1. The molecule has 0 aliphatic carbocycles. The van der Waals surface area contributed by atoms with Crippen LogP contribution >= 0.6 is 0 Å². The van der Waals surface area contributed by atoms with Crippen LogP contribution in [0.2, 0.25) is 0 Å². The highest BCUT2D eigenvalue weighted by Gasteiger charge is 2.32. The first-order valence-corrected chi connectivity index (χ1v) is 8.14. The van der Waals surface area contributed by atoms with E-state index in [0.717, 1.165) is 6.07 Å². The molecule has 3 N–H and O–H groups in total. The third kappa shape index (κ3) is 3.58. The minimum absolute atomic E-state index is 0.0784. The zero-order chi connectivity index (χ0) is 19.6. The number of aliphatic carboxylic acids is 1. The van der Waals surface area contributed by atoms with E-state index in [9.17, 15) is 24.8 Å². The topological polar surface area (TPSA) is 146 Å². The van der Waals surface area contributed by atoms with Gasteiger partial charge < -0.3 is 20.0 Å². The molecule has 0 aliphatic rings. The number of benzene rings is 2. The quantitative estimate of drug-likeness (QED) is 0.366. The van der Waals surface area contributed by atoms with Crippen LogP contribution in [-0.4, -0.2) is 28.5 Å². The van der Waals surface area contributed by atoms with Gasteiger partial charge in [0.1, 0.15) is 11.2 Å². The minimum atomic E-state index is -1.81. The van der Waals surface area contributed by atoms with Crippen LogP contribution in [0.4, 0.5) is 5.69 Å². The maximum Gasteiger partial charge on any atom is 0.350 e. The van der Waals surface area contributed by atoms with Gasteiger partial charge in [0.25, 0.3) is 5.69 Å². The average Bonchev–Trinajstić information content (AvgIpc) is 3.00. The molecule has 1 unspecified atom stereocenters. The molecular formula is C18H16N2O7. The van der Waals surface area contributed by atoms with Crippen molar-refractivity contribution >= 4 is 39.6 Å². The largest absolute Gasteiger partial charge is 0.478 e. The van der Waals surface area contributed by atoms with Crippen LogP contribution < -0.4 is 5.73 Å². The lowest BCUT2D eigenvalue weighted by Gasteiger charge is -2.14. The lowest BCUT2D eigenvalue weighted by Crippen LogP contribution is -2.21. The van der Waals surface area contributed by atoms with Gasteiger partial charge in [0.15, 0.2) is 0 Å². The number of rotatable bonds is 7. The number of nitro groups is 1. The fourth-order valence-electron chi connectivity index (χ4n) is 2.83. The Morgan fingerprint density at radius 3 is 2.63 bits per heavy atom.